The van der Waals surface area contributed by atoms with Crippen LogP contribution in [0, 0.1) is 5.92 Å². The van der Waals surface area contributed by atoms with Crippen LogP contribution in [0.25, 0.3) is 11.0 Å². The second-order valence-corrected chi connectivity index (χ2v) is 3.94. The Kier molecular flexibility index (Phi) is 2.60. The van der Waals surface area contributed by atoms with Crippen molar-refractivity contribution in [3.63, 3.8) is 0 Å². The molecule has 0 radical (unpaired) electrons. The van der Waals surface area contributed by atoms with Crippen molar-refractivity contribution >= 4 is 17.0 Å². The minimum atomic E-state index is -0.785. The Morgan fingerprint density at radius 1 is 1.56 bits per heavy atom. The minimum absolute atomic E-state index is 0.402. The molecule has 1 aromatic heterocycles. The van der Waals surface area contributed by atoms with Crippen molar-refractivity contribution in [3.8, 4) is 0 Å². The summed E-state index contributed by atoms with van der Waals surface area (Å²) in [5, 5.41) is 16.8. The highest BCUT2D eigenvalue weighted by atomic mass is 16.4. The topological polar surface area (TPSA) is 68.0 Å². The zero-order valence-electron chi connectivity index (χ0n) is 9.21. The van der Waals surface area contributed by atoms with Gasteiger partial charge in [-0.3, -0.25) is 4.79 Å². The van der Waals surface area contributed by atoms with Crippen molar-refractivity contribution in [1.82, 2.24) is 15.0 Å². The van der Waals surface area contributed by atoms with Crippen LogP contribution >= 0.6 is 0 Å². The molecule has 1 aromatic carbocycles. The molecule has 5 heteroatoms. The quantitative estimate of drug-likeness (QED) is 0.843. The Morgan fingerprint density at radius 3 is 3.00 bits per heavy atom. The summed E-state index contributed by atoms with van der Waals surface area (Å²) < 4.78 is 1.68. The van der Waals surface area contributed by atoms with Crippen LogP contribution in [0.4, 0.5) is 0 Å². The Labute approximate surface area is 92.7 Å². The fourth-order valence-electron chi connectivity index (χ4n) is 1.77. The van der Waals surface area contributed by atoms with E-state index in [1.54, 1.807) is 11.6 Å². The number of hydrogen-bond donors (Lipinski definition) is 1. The van der Waals surface area contributed by atoms with Gasteiger partial charge in [0.2, 0.25) is 0 Å². The molecule has 0 aliphatic heterocycles. The minimum Gasteiger partial charge on any atom is -0.481 e. The summed E-state index contributed by atoms with van der Waals surface area (Å²) in [6.07, 6.45) is 0.494. The number of carboxylic acids is 1. The lowest BCUT2D eigenvalue weighted by molar-refractivity contribution is -0.141. The van der Waals surface area contributed by atoms with Crippen LogP contribution in [0.15, 0.2) is 18.2 Å². The molecule has 0 aliphatic carbocycles. The van der Waals surface area contributed by atoms with Crippen LogP contribution in [0.2, 0.25) is 0 Å². The monoisotopic (exact) mass is 219 g/mol. The molecule has 0 fully saturated rings. The molecule has 0 amide bonds. The average molecular weight is 219 g/mol. The summed E-state index contributed by atoms with van der Waals surface area (Å²) in [7, 11) is 1.81. The molecule has 16 heavy (non-hydrogen) atoms. The SMILES string of the molecule is CC(Cc1cccc2nnn(C)c12)C(=O)O. The number of hydrogen-bond acceptors (Lipinski definition) is 3. The molecule has 2 rings (SSSR count). The first-order valence-electron chi connectivity index (χ1n) is 5.09. The number of aliphatic carboxylic acids is 1. The lowest BCUT2D eigenvalue weighted by Gasteiger charge is -2.07. The van der Waals surface area contributed by atoms with Crippen molar-refractivity contribution in [1.29, 1.82) is 0 Å². The van der Waals surface area contributed by atoms with Crippen molar-refractivity contribution in [2.24, 2.45) is 13.0 Å². The maximum Gasteiger partial charge on any atom is 0.306 e. The van der Waals surface area contributed by atoms with Crippen LogP contribution < -0.4 is 0 Å². The number of carbonyl (C=O) groups is 1. The van der Waals surface area contributed by atoms with Crippen LogP contribution in [0.1, 0.15) is 12.5 Å². The van der Waals surface area contributed by atoms with E-state index in [1.165, 1.54) is 0 Å². The van der Waals surface area contributed by atoms with Crippen LogP contribution in [-0.2, 0) is 18.3 Å². The normalized spacial score (nSPS) is 12.9. The average Bonchev–Trinajstić information content (AvgIpc) is 2.61. The summed E-state index contributed by atoms with van der Waals surface area (Å²) in [4.78, 5) is 10.8. The lowest BCUT2D eigenvalue weighted by atomic mass is 10.0. The van der Waals surface area contributed by atoms with Crippen LogP contribution in [0.5, 0.6) is 0 Å². The van der Waals surface area contributed by atoms with Crippen molar-refractivity contribution in [3.05, 3.63) is 23.8 Å². The third kappa shape index (κ3) is 1.76. The Hall–Kier alpha value is -1.91. The molecule has 0 saturated heterocycles. The zero-order chi connectivity index (χ0) is 11.7. The van der Waals surface area contributed by atoms with Gasteiger partial charge >= 0.3 is 5.97 Å². The number of aryl methyl sites for hydroxylation is 1. The summed E-state index contributed by atoms with van der Waals surface area (Å²) in [6.45, 7) is 1.70. The van der Waals surface area contributed by atoms with E-state index in [2.05, 4.69) is 10.3 Å². The molecule has 2 aromatic rings. The summed E-state index contributed by atoms with van der Waals surface area (Å²) >= 11 is 0. The van der Waals surface area contributed by atoms with Gasteiger partial charge in [0.1, 0.15) is 5.52 Å². The molecule has 0 aliphatic rings. The van der Waals surface area contributed by atoms with E-state index in [0.717, 1.165) is 16.6 Å². The third-order valence-corrected chi connectivity index (χ3v) is 2.66. The Balaban J connectivity index is 2.44. The molecule has 0 spiro atoms. The number of rotatable bonds is 3. The third-order valence-electron chi connectivity index (χ3n) is 2.66. The van der Waals surface area contributed by atoms with E-state index in [4.69, 9.17) is 5.11 Å². The molecule has 1 N–H and O–H groups in total. The highest BCUT2D eigenvalue weighted by molar-refractivity contribution is 5.79. The predicted molar refractivity (Wildman–Crippen MR) is 59.0 cm³/mol. The number of carboxylic acid groups (broad SMARTS) is 1. The second-order valence-electron chi connectivity index (χ2n) is 3.94. The molecular formula is C11H13N3O2. The maximum atomic E-state index is 10.8. The smallest absolute Gasteiger partial charge is 0.306 e. The fourth-order valence-corrected chi connectivity index (χ4v) is 1.77. The molecular weight excluding hydrogens is 206 g/mol. The lowest BCUT2D eigenvalue weighted by Crippen LogP contribution is -2.12. The van der Waals surface area contributed by atoms with Gasteiger partial charge in [-0.05, 0) is 18.1 Å². The highest BCUT2D eigenvalue weighted by Gasteiger charge is 2.15. The molecule has 5 nitrogen and oxygen atoms in total. The van der Waals surface area contributed by atoms with Crippen molar-refractivity contribution in [2.75, 3.05) is 0 Å². The number of aromatic nitrogens is 3. The summed E-state index contributed by atoms with van der Waals surface area (Å²) in [5.41, 5.74) is 2.69. The van der Waals surface area contributed by atoms with Gasteiger partial charge in [0.15, 0.2) is 0 Å². The number of nitrogens with zero attached hydrogens (tertiary/aromatic N) is 3. The zero-order valence-corrected chi connectivity index (χ0v) is 9.21. The Bertz CT molecular complexity index is 533. The molecule has 1 unspecified atom stereocenters. The number of para-hydroxylation sites is 1. The van der Waals surface area contributed by atoms with Gasteiger partial charge in [-0.1, -0.05) is 24.3 Å². The maximum absolute atomic E-state index is 10.8. The molecule has 0 bridgehead atoms. The van der Waals surface area contributed by atoms with Crippen molar-refractivity contribution in [2.45, 2.75) is 13.3 Å². The first-order chi connectivity index (χ1) is 7.59. The largest absolute Gasteiger partial charge is 0.481 e. The standard InChI is InChI=1S/C11H13N3O2/c1-7(11(15)16)6-8-4-3-5-9-10(8)14(2)13-12-9/h3-5,7H,6H2,1-2H3,(H,15,16). The Morgan fingerprint density at radius 2 is 2.31 bits per heavy atom. The van der Waals surface area contributed by atoms with Gasteiger partial charge < -0.3 is 5.11 Å². The van der Waals surface area contributed by atoms with Gasteiger partial charge in [-0.15, -0.1) is 5.10 Å². The van der Waals surface area contributed by atoms with Crippen LogP contribution in [-0.4, -0.2) is 26.1 Å². The van der Waals surface area contributed by atoms with E-state index in [9.17, 15) is 4.79 Å². The highest BCUT2D eigenvalue weighted by Crippen LogP contribution is 2.19. The van der Waals surface area contributed by atoms with Gasteiger partial charge in [-0.2, -0.15) is 0 Å². The molecule has 1 atom stereocenters. The first kappa shape index (κ1) is 10.6. The summed E-state index contributed by atoms with van der Waals surface area (Å²) in [6, 6.07) is 5.67. The number of benzene rings is 1. The summed E-state index contributed by atoms with van der Waals surface area (Å²) in [5.74, 6) is -1.19. The molecule has 84 valence electrons. The molecule has 0 saturated carbocycles. The van der Waals surface area contributed by atoms with E-state index in [1.807, 2.05) is 25.2 Å². The first-order valence-corrected chi connectivity index (χ1v) is 5.09. The van der Waals surface area contributed by atoms with Gasteiger partial charge in [0, 0.05) is 7.05 Å². The van der Waals surface area contributed by atoms with Gasteiger partial charge in [0.25, 0.3) is 0 Å². The van der Waals surface area contributed by atoms with Gasteiger partial charge in [-0.25, -0.2) is 4.68 Å². The van der Waals surface area contributed by atoms with Crippen molar-refractivity contribution < 1.29 is 9.90 Å². The van der Waals surface area contributed by atoms with E-state index >= 15 is 0 Å². The van der Waals surface area contributed by atoms with E-state index < -0.39 is 11.9 Å². The van der Waals surface area contributed by atoms with E-state index in [-0.39, 0.29) is 0 Å². The van der Waals surface area contributed by atoms with Gasteiger partial charge in [0.05, 0.1) is 11.4 Å². The second kappa shape index (κ2) is 3.92. The number of fused-ring (bicyclic) bond motifs is 1. The van der Waals surface area contributed by atoms with E-state index in [0.29, 0.717) is 6.42 Å². The molecule has 1 heterocycles. The fraction of sp³-hybridized carbons (Fsp3) is 0.364. The van der Waals surface area contributed by atoms with Crippen LogP contribution in [0.3, 0.4) is 0 Å². The predicted octanol–water partition coefficient (Wildman–Crippen LogP) is 1.23.